The van der Waals surface area contributed by atoms with Gasteiger partial charge in [0.15, 0.2) is 5.82 Å². The number of benzene rings is 1. The SMILES string of the molecule is COc1cccc(N2CCN(C(=O)C3CCN(c4ccc(-c5cccs5)nn4)CC3)CC2)c1. The molecule has 0 bridgehead atoms. The molecular weight excluding hydrogens is 434 g/mol. The molecule has 1 amide bonds. The summed E-state index contributed by atoms with van der Waals surface area (Å²) < 4.78 is 5.34. The Balaban J connectivity index is 1.12. The lowest BCUT2D eigenvalue weighted by atomic mass is 9.95. The van der Waals surface area contributed by atoms with Gasteiger partial charge >= 0.3 is 0 Å². The number of rotatable bonds is 5. The normalized spacial score (nSPS) is 17.3. The first-order valence-electron chi connectivity index (χ1n) is 11.5. The maximum atomic E-state index is 13.2. The van der Waals surface area contributed by atoms with Crippen LogP contribution in [0.3, 0.4) is 0 Å². The number of hydrogen-bond donors (Lipinski definition) is 0. The van der Waals surface area contributed by atoms with Crippen LogP contribution in [0.5, 0.6) is 5.75 Å². The van der Waals surface area contributed by atoms with E-state index in [0.29, 0.717) is 5.91 Å². The molecule has 172 valence electrons. The van der Waals surface area contributed by atoms with Crippen LogP contribution in [-0.2, 0) is 4.79 Å². The lowest BCUT2D eigenvalue weighted by molar-refractivity contribution is -0.136. The predicted molar refractivity (Wildman–Crippen MR) is 132 cm³/mol. The van der Waals surface area contributed by atoms with Crippen molar-refractivity contribution in [2.45, 2.75) is 12.8 Å². The lowest BCUT2D eigenvalue weighted by Gasteiger charge is -2.39. The largest absolute Gasteiger partial charge is 0.497 e. The van der Waals surface area contributed by atoms with Crippen molar-refractivity contribution < 1.29 is 9.53 Å². The summed E-state index contributed by atoms with van der Waals surface area (Å²) in [5.74, 6) is 2.17. The fourth-order valence-corrected chi connectivity index (χ4v) is 5.35. The number of carbonyl (C=O) groups is 1. The molecule has 0 unspecified atom stereocenters. The quantitative estimate of drug-likeness (QED) is 0.574. The van der Waals surface area contributed by atoms with Crippen molar-refractivity contribution in [2.24, 2.45) is 5.92 Å². The minimum atomic E-state index is 0.1000. The van der Waals surface area contributed by atoms with E-state index in [0.717, 1.165) is 79.9 Å². The van der Waals surface area contributed by atoms with Crippen LogP contribution in [0.4, 0.5) is 11.5 Å². The molecule has 0 N–H and O–H groups in total. The second-order valence-corrected chi connectivity index (χ2v) is 9.48. The number of ether oxygens (including phenoxy) is 1. The third-order valence-corrected chi connectivity index (χ3v) is 7.49. The maximum Gasteiger partial charge on any atom is 0.225 e. The van der Waals surface area contributed by atoms with E-state index in [9.17, 15) is 4.79 Å². The Morgan fingerprint density at radius 1 is 0.939 bits per heavy atom. The van der Waals surface area contributed by atoms with Crippen molar-refractivity contribution in [3.05, 3.63) is 53.9 Å². The molecule has 7 nitrogen and oxygen atoms in total. The van der Waals surface area contributed by atoms with Crippen LogP contribution in [0.25, 0.3) is 10.6 Å². The third kappa shape index (κ3) is 4.80. The molecule has 0 saturated carbocycles. The van der Waals surface area contributed by atoms with Gasteiger partial charge < -0.3 is 19.4 Å². The fourth-order valence-electron chi connectivity index (χ4n) is 4.66. The molecule has 0 atom stereocenters. The van der Waals surface area contributed by atoms with Gasteiger partial charge in [-0.2, -0.15) is 0 Å². The lowest BCUT2D eigenvalue weighted by Crippen LogP contribution is -2.51. The minimum absolute atomic E-state index is 0.1000. The second-order valence-electron chi connectivity index (χ2n) is 8.53. The Bertz CT molecular complexity index is 1060. The van der Waals surface area contributed by atoms with Gasteiger partial charge in [0.25, 0.3) is 0 Å². The van der Waals surface area contributed by atoms with Crippen LogP contribution >= 0.6 is 11.3 Å². The van der Waals surface area contributed by atoms with Crippen molar-refractivity contribution in [2.75, 3.05) is 56.2 Å². The highest BCUT2D eigenvalue weighted by atomic mass is 32.1. The zero-order valence-electron chi connectivity index (χ0n) is 18.9. The number of nitrogens with zero attached hydrogens (tertiary/aromatic N) is 5. The average Bonchev–Trinajstić information content (AvgIpc) is 3.44. The standard InChI is InChI=1S/C25H29N5O2S/c1-32-21-5-2-4-20(18-21)28-13-15-30(16-14-28)25(31)19-9-11-29(12-10-19)24-8-7-22(26-27-24)23-6-3-17-33-23/h2-8,17-19H,9-16H2,1H3. The van der Waals surface area contributed by atoms with Crippen LogP contribution in [-0.4, -0.2) is 67.4 Å². The zero-order valence-corrected chi connectivity index (χ0v) is 19.7. The number of methoxy groups -OCH3 is 1. The van der Waals surface area contributed by atoms with Gasteiger partial charge in [0, 0.05) is 56.9 Å². The first kappa shape index (κ1) is 21.7. The van der Waals surface area contributed by atoms with Gasteiger partial charge in [-0.3, -0.25) is 4.79 Å². The van der Waals surface area contributed by atoms with Gasteiger partial charge in [-0.25, -0.2) is 0 Å². The summed E-state index contributed by atoms with van der Waals surface area (Å²) in [7, 11) is 1.69. The molecule has 2 fully saturated rings. The summed E-state index contributed by atoms with van der Waals surface area (Å²) >= 11 is 1.67. The van der Waals surface area contributed by atoms with Crippen LogP contribution < -0.4 is 14.5 Å². The number of piperidine rings is 1. The van der Waals surface area contributed by atoms with E-state index < -0.39 is 0 Å². The maximum absolute atomic E-state index is 13.2. The molecule has 0 radical (unpaired) electrons. The van der Waals surface area contributed by atoms with Gasteiger partial charge in [-0.05, 0) is 48.6 Å². The summed E-state index contributed by atoms with van der Waals surface area (Å²) in [5.41, 5.74) is 2.06. The molecule has 2 saturated heterocycles. The number of aromatic nitrogens is 2. The first-order valence-corrected chi connectivity index (χ1v) is 12.4. The molecule has 8 heteroatoms. The molecule has 2 aliphatic heterocycles. The topological polar surface area (TPSA) is 61.8 Å². The van der Waals surface area contributed by atoms with Gasteiger partial charge in [-0.15, -0.1) is 21.5 Å². The van der Waals surface area contributed by atoms with E-state index in [1.807, 2.05) is 40.6 Å². The summed E-state index contributed by atoms with van der Waals surface area (Å²) in [6.07, 6.45) is 1.73. The highest BCUT2D eigenvalue weighted by molar-refractivity contribution is 7.13. The van der Waals surface area contributed by atoms with Crippen molar-refractivity contribution in [1.82, 2.24) is 15.1 Å². The third-order valence-electron chi connectivity index (χ3n) is 6.60. The minimum Gasteiger partial charge on any atom is -0.497 e. The molecule has 1 aromatic carbocycles. The second kappa shape index (κ2) is 9.79. The fraction of sp³-hybridized carbons (Fsp3) is 0.400. The average molecular weight is 464 g/mol. The molecule has 33 heavy (non-hydrogen) atoms. The van der Waals surface area contributed by atoms with Gasteiger partial charge in [0.05, 0.1) is 12.0 Å². The number of anilines is 2. The van der Waals surface area contributed by atoms with E-state index in [1.54, 1.807) is 18.4 Å². The molecule has 0 aliphatic carbocycles. The Labute approximate surface area is 198 Å². The van der Waals surface area contributed by atoms with Gasteiger partial charge in [-0.1, -0.05) is 12.1 Å². The molecule has 5 rings (SSSR count). The van der Waals surface area contributed by atoms with Crippen molar-refractivity contribution >= 4 is 28.7 Å². The van der Waals surface area contributed by atoms with Crippen molar-refractivity contribution in [3.63, 3.8) is 0 Å². The van der Waals surface area contributed by atoms with Gasteiger partial charge in [0.1, 0.15) is 11.4 Å². The van der Waals surface area contributed by atoms with Crippen LogP contribution in [0.15, 0.2) is 53.9 Å². The molecule has 2 aromatic heterocycles. The van der Waals surface area contributed by atoms with Crippen LogP contribution in [0.2, 0.25) is 0 Å². The smallest absolute Gasteiger partial charge is 0.225 e. The number of thiophene rings is 1. The Kier molecular flexibility index (Phi) is 6.44. The number of piperazine rings is 1. The predicted octanol–water partition coefficient (Wildman–Crippen LogP) is 3.78. The first-order chi connectivity index (χ1) is 16.2. The summed E-state index contributed by atoms with van der Waals surface area (Å²) in [4.78, 5) is 20.9. The molecule has 3 aromatic rings. The van der Waals surface area contributed by atoms with E-state index in [1.165, 1.54) is 0 Å². The molecule has 2 aliphatic rings. The Morgan fingerprint density at radius 2 is 1.76 bits per heavy atom. The van der Waals surface area contributed by atoms with Crippen LogP contribution in [0.1, 0.15) is 12.8 Å². The van der Waals surface area contributed by atoms with Crippen LogP contribution in [0, 0.1) is 5.92 Å². The highest BCUT2D eigenvalue weighted by Crippen LogP contribution is 2.27. The van der Waals surface area contributed by atoms with E-state index in [-0.39, 0.29) is 5.92 Å². The Hall–Kier alpha value is -3.13. The summed E-state index contributed by atoms with van der Waals surface area (Å²) in [5, 5.41) is 10.9. The van der Waals surface area contributed by atoms with E-state index in [4.69, 9.17) is 4.74 Å². The highest BCUT2D eigenvalue weighted by Gasteiger charge is 2.31. The summed E-state index contributed by atoms with van der Waals surface area (Å²) in [6, 6.07) is 16.3. The zero-order chi connectivity index (χ0) is 22.6. The van der Waals surface area contributed by atoms with E-state index in [2.05, 4.69) is 38.2 Å². The van der Waals surface area contributed by atoms with E-state index >= 15 is 0 Å². The monoisotopic (exact) mass is 463 g/mol. The number of hydrogen-bond acceptors (Lipinski definition) is 7. The molecular formula is C25H29N5O2S. The Morgan fingerprint density at radius 3 is 2.42 bits per heavy atom. The van der Waals surface area contributed by atoms with Crippen molar-refractivity contribution in [3.8, 4) is 16.3 Å². The van der Waals surface area contributed by atoms with Crippen molar-refractivity contribution in [1.29, 1.82) is 0 Å². The van der Waals surface area contributed by atoms with Gasteiger partial charge in [0.2, 0.25) is 5.91 Å². The summed E-state index contributed by atoms with van der Waals surface area (Å²) in [6.45, 7) is 4.92. The number of amides is 1. The molecule has 0 spiro atoms. The number of carbonyl (C=O) groups excluding carboxylic acids is 1. The molecule has 4 heterocycles.